The summed E-state index contributed by atoms with van der Waals surface area (Å²) >= 11 is 5.31. The lowest BCUT2D eigenvalue weighted by molar-refractivity contribution is 1.16. The van der Waals surface area contributed by atoms with Gasteiger partial charge in [0.05, 0.1) is 6.54 Å². The van der Waals surface area contributed by atoms with Gasteiger partial charge in [-0.2, -0.15) is 0 Å². The third kappa shape index (κ3) is 2.47. The second-order valence-corrected chi connectivity index (χ2v) is 5.65. The number of hydrogen-bond donors (Lipinski definition) is 1. The zero-order valence-corrected chi connectivity index (χ0v) is 11.8. The first-order valence-corrected chi connectivity index (χ1v) is 6.87. The summed E-state index contributed by atoms with van der Waals surface area (Å²) < 4.78 is 1.19. The SMILES string of the molecule is Cc1cccc(NCc2sccc2Br)c1C. The largest absolute Gasteiger partial charge is 0.380 e. The van der Waals surface area contributed by atoms with Crippen molar-refractivity contribution in [1.82, 2.24) is 0 Å². The highest BCUT2D eigenvalue weighted by atomic mass is 79.9. The monoisotopic (exact) mass is 295 g/mol. The minimum Gasteiger partial charge on any atom is -0.380 e. The fourth-order valence-electron chi connectivity index (χ4n) is 1.57. The van der Waals surface area contributed by atoms with E-state index in [1.165, 1.54) is 26.2 Å². The van der Waals surface area contributed by atoms with E-state index in [1.807, 2.05) is 0 Å². The fraction of sp³-hybridized carbons (Fsp3) is 0.231. The van der Waals surface area contributed by atoms with Crippen LogP contribution < -0.4 is 5.32 Å². The molecule has 0 aliphatic rings. The van der Waals surface area contributed by atoms with Gasteiger partial charge in [-0.3, -0.25) is 0 Å². The average molecular weight is 296 g/mol. The van der Waals surface area contributed by atoms with E-state index in [9.17, 15) is 0 Å². The maximum Gasteiger partial charge on any atom is 0.0505 e. The van der Waals surface area contributed by atoms with Crippen LogP contribution in [0.1, 0.15) is 16.0 Å². The highest BCUT2D eigenvalue weighted by molar-refractivity contribution is 9.10. The molecule has 0 spiro atoms. The highest BCUT2D eigenvalue weighted by Crippen LogP contribution is 2.25. The standard InChI is InChI=1S/C13H14BrNS/c1-9-4-3-5-12(10(9)2)15-8-13-11(14)6-7-16-13/h3-7,15H,8H2,1-2H3. The van der Waals surface area contributed by atoms with Gasteiger partial charge in [-0.15, -0.1) is 11.3 Å². The number of benzene rings is 1. The summed E-state index contributed by atoms with van der Waals surface area (Å²) in [4.78, 5) is 1.33. The van der Waals surface area contributed by atoms with Crippen molar-refractivity contribution in [3.63, 3.8) is 0 Å². The quantitative estimate of drug-likeness (QED) is 0.862. The molecule has 1 N–H and O–H groups in total. The van der Waals surface area contributed by atoms with Gasteiger partial charge in [-0.1, -0.05) is 12.1 Å². The van der Waals surface area contributed by atoms with Crippen LogP contribution in [0.2, 0.25) is 0 Å². The Morgan fingerprint density at radius 2 is 2.06 bits per heavy atom. The van der Waals surface area contributed by atoms with E-state index in [2.05, 4.69) is 64.7 Å². The number of anilines is 1. The topological polar surface area (TPSA) is 12.0 Å². The molecule has 1 heterocycles. The molecular formula is C13H14BrNS. The van der Waals surface area contributed by atoms with Crippen molar-refractivity contribution in [3.8, 4) is 0 Å². The normalized spacial score (nSPS) is 10.4. The number of aryl methyl sites for hydroxylation is 1. The van der Waals surface area contributed by atoms with Crippen molar-refractivity contribution >= 4 is 33.0 Å². The lowest BCUT2D eigenvalue weighted by Crippen LogP contribution is -2.00. The molecule has 0 amide bonds. The molecule has 1 aromatic carbocycles. The third-order valence-corrected chi connectivity index (χ3v) is 4.66. The molecule has 1 aromatic heterocycles. The summed E-state index contributed by atoms with van der Waals surface area (Å²) in [6.07, 6.45) is 0. The Labute approximate surface area is 109 Å². The van der Waals surface area contributed by atoms with Gasteiger partial charge in [0.2, 0.25) is 0 Å². The van der Waals surface area contributed by atoms with E-state index >= 15 is 0 Å². The molecule has 0 saturated carbocycles. The molecule has 2 rings (SSSR count). The number of nitrogens with one attached hydrogen (secondary N) is 1. The van der Waals surface area contributed by atoms with Crippen molar-refractivity contribution in [2.75, 3.05) is 5.32 Å². The lowest BCUT2D eigenvalue weighted by Gasteiger charge is -2.10. The molecule has 0 bridgehead atoms. The van der Waals surface area contributed by atoms with Gasteiger partial charge >= 0.3 is 0 Å². The van der Waals surface area contributed by atoms with Crippen molar-refractivity contribution in [2.24, 2.45) is 0 Å². The first-order chi connectivity index (χ1) is 7.68. The van der Waals surface area contributed by atoms with Crippen molar-refractivity contribution in [1.29, 1.82) is 0 Å². The molecule has 0 fully saturated rings. The second kappa shape index (κ2) is 5.02. The Hall–Kier alpha value is -0.800. The molecule has 1 nitrogen and oxygen atoms in total. The maximum atomic E-state index is 3.54. The summed E-state index contributed by atoms with van der Waals surface area (Å²) in [7, 11) is 0. The van der Waals surface area contributed by atoms with E-state index in [0.29, 0.717) is 0 Å². The van der Waals surface area contributed by atoms with Gasteiger partial charge in [0.1, 0.15) is 0 Å². The smallest absolute Gasteiger partial charge is 0.0505 e. The molecule has 0 atom stereocenters. The molecule has 16 heavy (non-hydrogen) atoms. The van der Waals surface area contributed by atoms with E-state index in [0.717, 1.165) is 6.54 Å². The molecule has 0 saturated heterocycles. The van der Waals surface area contributed by atoms with E-state index in [4.69, 9.17) is 0 Å². The van der Waals surface area contributed by atoms with Gasteiger partial charge in [-0.25, -0.2) is 0 Å². The minimum atomic E-state index is 0.878. The summed E-state index contributed by atoms with van der Waals surface area (Å²) in [5.74, 6) is 0. The summed E-state index contributed by atoms with van der Waals surface area (Å²) in [6.45, 7) is 5.17. The predicted molar refractivity (Wildman–Crippen MR) is 75.3 cm³/mol. The van der Waals surface area contributed by atoms with Gasteiger partial charge in [0.25, 0.3) is 0 Å². The molecule has 3 heteroatoms. The molecule has 0 radical (unpaired) electrons. The van der Waals surface area contributed by atoms with Crippen molar-refractivity contribution < 1.29 is 0 Å². The van der Waals surface area contributed by atoms with Crippen LogP contribution in [-0.2, 0) is 6.54 Å². The van der Waals surface area contributed by atoms with Gasteiger partial charge < -0.3 is 5.32 Å². The van der Waals surface area contributed by atoms with Gasteiger partial charge in [-0.05, 0) is 58.4 Å². The van der Waals surface area contributed by atoms with Crippen LogP contribution in [0, 0.1) is 13.8 Å². The molecule has 84 valence electrons. The van der Waals surface area contributed by atoms with Crippen LogP contribution in [-0.4, -0.2) is 0 Å². The first kappa shape index (κ1) is 11.7. The number of hydrogen-bond acceptors (Lipinski definition) is 2. The zero-order chi connectivity index (χ0) is 11.5. The lowest BCUT2D eigenvalue weighted by atomic mass is 10.1. The van der Waals surface area contributed by atoms with Gasteiger partial charge in [0.15, 0.2) is 0 Å². The van der Waals surface area contributed by atoms with E-state index < -0.39 is 0 Å². The minimum absolute atomic E-state index is 0.878. The van der Waals surface area contributed by atoms with E-state index in [1.54, 1.807) is 11.3 Å². The summed E-state index contributed by atoms with van der Waals surface area (Å²) in [5, 5.41) is 5.58. The second-order valence-electron chi connectivity index (χ2n) is 3.79. The predicted octanol–water partition coefficient (Wildman–Crippen LogP) is 4.74. The summed E-state index contributed by atoms with van der Waals surface area (Å²) in [6, 6.07) is 8.45. The molecule has 0 aliphatic heterocycles. The van der Waals surface area contributed by atoms with Crippen LogP contribution in [0.15, 0.2) is 34.1 Å². The highest BCUT2D eigenvalue weighted by Gasteiger charge is 2.03. The zero-order valence-electron chi connectivity index (χ0n) is 9.38. The molecule has 0 unspecified atom stereocenters. The maximum absolute atomic E-state index is 3.54. The number of halogens is 1. The fourth-order valence-corrected chi connectivity index (χ4v) is 3.00. The third-order valence-electron chi connectivity index (χ3n) is 2.74. The van der Waals surface area contributed by atoms with Crippen LogP contribution in [0.5, 0.6) is 0 Å². The average Bonchev–Trinajstić information content (AvgIpc) is 2.67. The first-order valence-electron chi connectivity index (χ1n) is 5.20. The number of thiophene rings is 1. The Morgan fingerprint density at radius 3 is 2.75 bits per heavy atom. The van der Waals surface area contributed by atoms with Crippen LogP contribution in [0.25, 0.3) is 0 Å². The molecule has 2 aromatic rings. The van der Waals surface area contributed by atoms with E-state index in [-0.39, 0.29) is 0 Å². The van der Waals surface area contributed by atoms with Gasteiger partial charge in [0, 0.05) is 15.0 Å². The summed E-state index contributed by atoms with van der Waals surface area (Å²) in [5.41, 5.74) is 3.88. The number of rotatable bonds is 3. The Kier molecular flexibility index (Phi) is 3.66. The van der Waals surface area contributed by atoms with Crippen LogP contribution >= 0.6 is 27.3 Å². The van der Waals surface area contributed by atoms with Crippen LogP contribution in [0.3, 0.4) is 0 Å². The Bertz CT molecular complexity index is 490. The van der Waals surface area contributed by atoms with Crippen LogP contribution in [0.4, 0.5) is 5.69 Å². The molecular weight excluding hydrogens is 282 g/mol. The van der Waals surface area contributed by atoms with Crippen molar-refractivity contribution in [2.45, 2.75) is 20.4 Å². The Balaban J connectivity index is 2.11. The van der Waals surface area contributed by atoms with Crippen molar-refractivity contribution in [3.05, 3.63) is 50.1 Å². The molecule has 0 aliphatic carbocycles. The Morgan fingerprint density at radius 1 is 1.25 bits per heavy atom.